The lowest BCUT2D eigenvalue weighted by Gasteiger charge is -2.09. The smallest absolute Gasteiger partial charge is 0.0785 e. The molecule has 0 rings (SSSR count). The molecule has 0 saturated heterocycles. The van der Waals surface area contributed by atoms with E-state index in [-0.39, 0.29) is 6.17 Å². The molecular weight excluding hydrogens is 132 g/mol. The average molecular weight is 148 g/mol. The van der Waals surface area contributed by atoms with Crippen LogP contribution in [0, 0.1) is 0 Å². The Bertz CT molecular complexity index is 70.8. The molecule has 0 radical (unpaired) electrons. The van der Waals surface area contributed by atoms with E-state index in [1.54, 1.807) is 14.2 Å². The molecule has 0 spiro atoms. The van der Waals surface area contributed by atoms with Crippen molar-refractivity contribution in [3.05, 3.63) is 0 Å². The van der Waals surface area contributed by atoms with Gasteiger partial charge >= 0.3 is 0 Å². The first-order valence-electron chi connectivity index (χ1n) is 3.30. The fourth-order valence-corrected chi connectivity index (χ4v) is 0.436. The van der Waals surface area contributed by atoms with Crippen molar-refractivity contribution in [2.75, 3.05) is 34.0 Å². The molecule has 0 aromatic carbocycles. The zero-order valence-electron chi connectivity index (χ0n) is 6.59. The summed E-state index contributed by atoms with van der Waals surface area (Å²) in [7, 11) is 3.44. The average Bonchev–Trinajstić information content (AvgIpc) is 1.98. The molecule has 0 fully saturated rings. The molecule has 1 unspecified atom stereocenters. The van der Waals surface area contributed by atoms with Gasteiger partial charge in [0.1, 0.15) is 0 Å². The summed E-state index contributed by atoms with van der Waals surface area (Å²) in [6, 6.07) is 0. The summed E-state index contributed by atoms with van der Waals surface area (Å²) in [4.78, 5) is 0. The Kier molecular flexibility index (Phi) is 6.84. The second kappa shape index (κ2) is 6.95. The van der Waals surface area contributed by atoms with Gasteiger partial charge in [0.05, 0.1) is 26.0 Å². The van der Waals surface area contributed by atoms with Gasteiger partial charge in [0.2, 0.25) is 0 Å². The molecule has 62 valence electrons. The molecule has 0 amide bonds. The van der Waals surface area contributed by atoms with Crippen LogP contribution in [-0.4, -0.2) is 40.1 Å². The lowest BCUT2D eigenvalue weighted by Crippen LogP contribution is -2.39. The molecule has 0 aliphatic rings. The van der Waals surface area contributed by atoms with Crippen molar-refractivity contribution in [2.45, 2.75) is 6.17 Å². The molecule has 0 bridgehead atoms. The minimum Gasteiger partial charge on any atom is -0.382 e. The third-order valence-corrected chi connectivity index (χ3v) is 1.10. The molecule has 0 aromatic rings. The Morgan fingerprint density at radius 1 is 1.50 bits per heavy atom. The van der Waals surface area contributed by atoms with Gasteiger partial charge in [-0.3, -0.25) is 0 Å². The number of hydrogen-bond donors (Lipinski definition) is 2. The quantitative estimate of drug-likeness (QED) is 0.381. The zero-order valence-corrected chi connectivity index (χ0v) is 6.59. The topological polar surface area (TPSA) is 56.5 Å². The number of likely N-dealkylation sites (N-methyl/N-ethyl adjacent to an activating group) is 1. The lowest BCUT2D eigenvalue weighted by molar-refractivity contribution is 0.0606. The van der Waals surface area contributed by atoms with Crippen LogP contribution < -0.4 is 11.1 Å². The van der Waals surface area contributed by atoms with E-state index in [4.69, 9.17) is 15.2 Å². The van der Waals surface area contributed by atoms with Crippen molar-refractivity contribution < 1.29 is 9.47 Å². The fourth-order valence-electron chi connectivity index (χ4n) is 0.436. The van der Waals surface area contributed by atoms with Crippen LogP contribution in [0.15, 0.2) is 0 Å². The molecular formula is C6H16N2O2. The van der Waals surface area contributed by atoms with Crippen LogP contribution in [0.25, 0.3) is 0 Å². The molecule has 0 aliphatic carbocycles. The summed E-state index contributed by atoms with van der Waals surface area (Å²) in [5.41, 5.74) is 5.48. The maximum atomic E-state index is 5.48. The van der Waals surface area contributed by atoms with Gasteiger partial charge in [0.15, 0.2) is 0 Å². The van der Waals surface area contributed by atoms with E-state index >= 15 is 0 Å². The summed E-state index contributed by atoms with van der Waals surface area (Å²) in [6.45, 7) is 1.75. The zero-order chi connectivity index (χ0) is 7.82. The van der Waals surface area contributed by atoms with Crippen LogP contribution in [0.5, 0.6) is 0 Å². The van der Waals surface area contributed by atoms with Gasteiger partial charge in [-0.05, 0) is 7.05 Å². The first-order chi connectivity index (χ1) is 4.81. The van der Waals surface area contributed by atoms with Gasteiger partial charge in [-0.2, -0.15) is 0 Å². The van der Waals surface area contributed by atoms with E-state index in [9.17, 15) is 0 Å². The molecule has 1 atom stereocenters. The Labute approximate surface area is 61.7 Å². The second-order valence-corrected chi connectivity index (χ2v) is 1.96. The summed E-state index contributed by atoms with van der Waals surface area (Å²) >= 11 is 0. The lowest BCUT2D eigenvalue weighted by atomic mass is 10.5. The maximum Gasteiger partial charge on any atom is 0.0785 e. The van der Waals surface area contributed by atoms with E-state index in [0.717, 1.165) is 0 Å². The monoisotopic (exact) mass is 148 g/mol. The number of rotatable bonds is 6. The first kappa shape index (κ1) is 9.84. The van der Waals surface area contributed by atoms with E-state index < -0.39 is 0 Å². The predicted octanol–water partition coefficient (Wildman–Crippen LogP) is -0.846. The summed E-state index contributed by atoms with van der Waals surface area (Å²) in [5, 5.41) is 2.85. The summed E-state index contributed by atoms with van der Waals surface area (Å²) < 4.78 is 9.89. The van der Waals surface area contributed by atoms with Crippen molar-refractivity contribution in [1.82, 2.24) is 5.32 Å². The highest BCUT2D eigenvalue weighted by Gasteiger charge is 1.95. The normalized spacial score (nSPS) is 13.5. The number of ether oxygens (including phenoxy) is 2. The van der Waals surface area contributed by atoms with Crippen molar-refractivity contribution in [2.24, 2.45) is 5.73 Å². The molecule has 0 aliphatic heterocycles. The Morgan fingerprint density at radius 3 is 2.70 bits per heavy atom. The van der Waals surface area contributed by atoms with Crippen LogP contribution in [0.3, 0.4) is 0 Å². The van der Waals surface area contributed by atoms with E-state index in [0.29, 0.717) is 19.8 Å². The van der Waals surface area contributed by atoms with Crippen LogP contribution in [0.4, 0.5) is 0 Å². The van der Waals surface area contributed by atoms with Crippen molar-refractivity contribution in [3.8, 4) is 0 Å². The van der Waals surface area contributed by atoms with Crippen molar-refractivity contribution in [3.63, 3.8) is 0 Å². The van der Waals surface area contributed by atoms with Gasteiger partial charge in [-0.25, -0.2) is 0 Å². The molecule has 3 N–H and O–H groups in total. The van der Waals surface area contributed by atoms with Crippen LogP contribution in [-0.2, 0) is 9.47 Å². The van der Waals surface area contributed by atoms with Crippen LogP contribution in [0.2, 0.25) is 0 Å². The molecule has 4 nitrogen and oxygen atoms in total. The molecule has 0 heterocycles. The van der Waals surface area contributed by atoms with Crippen LogP contribution in [0.1, 0.15) is 0 Å². The minimum atomic E-state index is -0.0724. The molecule has 4 heteroatoms. The first-order valence-corrected chi connectivity index (χ1v) is 3.30. The summed E-state index contributed by atoms with van der Waals surface area (Å²) in [6.07, 6.45) is -0.0724. The van der Waals surface area contributed by atoms with Gasteiger partial charge in [-0.15, -0.1) is 0 Å². The number of hydrogen-bond acceptors (Lipinski definition) is 4. The summed E-state index contributed by atoms with van der Waals surface area (Å²) in [5.74, 6) is 0. The standard InChI is InChI=1S/C6H16N2O2/c1-8-6(7)5-10-4-3-9-2/h6,8H,3-5,7H2,1-2H3. The highest BCUT2D eigenvalue weighted by molar-refractivity contribution is 4.50. The predicted molar refractivity (Wildman–Crippen MR) is 39.7 cm³/mol. The van der Waals surface area contributed by atoms with Gasteiger partial charge < -0.3 is 20.5 Å². The van der Waals surface area contributed by atoms with Gasteiger partial charge in [0.25, 0.3) is 0 Å². The Morgan fingerprint density at radius 2 is 2.20 bits per heavy atom. The van der Waals surface area contributed by atoms with E-state index in [1.807, 2.05) is 0 Å². The minimum absolute atomic E-state index is 0.0724. The Hall–Kier alpha value is -0.160. The highest BCUT2D eigenvalue weighted by atomic mass is 16.5. The van der Waals surface area contributed by atoms with Gasteiger partial charge in [0, 0.05) is 7.11 Å². The van der Waals surface area contributed by atoms with E-state index in [1.165, 1.54) is 0 Å². The maximum absolute atomic E-state index is 5.48. The van der Waals surface area contributed by atoms with Crippen molar-refractivity contribution in [1.29, 1.82) is 0 Å². The second-order valence-electron chi connectivity index (χ2n) is 1.96. The molecule has 0 aromatic heterocycles. The van der Waals surface area contributed by atoms with Crippen LogP contribution >= 0.6 is 0 Å². The third-order valence-electron chi connectivity index (χ3n) is 1.10. The number of nitrogens with two attached hydrogens (primary N) is 1. The molecule has 0 saturated carbocycles. The fraction of sp³-hybridized carbons (Fsp3) is 1.00. The third kappa shape index (κ3) is 5.97. The highest BCUT2D eigenvalue weighted by Crippen LogP contribution is 1.77. The number of methoxy groups -OCH3 is 1. The van der Waals surface area contributed by atoms with E-state index in [2.05, 4.69) is 5.32 Å². The SMILES string of the molecule is CNC(N)COCCOC. The van der Waals surface area contributed by atoms with Crippen molar-refractivity contribution >= 4 is 0 Å². The Balaban J connectivity index is 2.89. The van der Waals surface area contributed by atoms with Gasteiger partial charge in [-0.1, -0.05) is 0 Å². The number of nitrogens with one attached hydrogen (secondary N) is 1. The largest absolute Gasteiger partial charge is 0.382 e. The molecule has 10 heavy (non-hydrogen) atoms.